The molecule has 4 rings (SSSR count). The summed E-state index contributed by atoms with van der Waals surface area (Å²) in [5, 5.41) is 3.59. The molecule has 1 aliphatic heterocycles. The maximum absolute atomic E-state index is 13.5. The Morgan fingerprint density at radius 3 is 2.27 bits per heavy atom. The summed E-state index contributed by atoms with van der Waals surface area (Å²) >= 11 is 6.15. The Kier molecular flexibility index (Phi) is 5.29. The smallest absolute Gasteiger partial charge is 0.282 e. The van der Waals surface area contributed by atoms with Crippen molar-refractivity contribution in [3.63, 3.8) is 0 Å². The van der Waals surface area contributed by atoms with Gasteiger partial charge < -0.3 is 10.1 Å². The molecular formula is C24H19ClN2O3. The van der Waals surface area contributed by atoms with E-state index in [4.69, 9.17) is 16.3 Å². The molecule has 6 heteroatoms. The predicted octanol–water partition coefficient (Wildman–Crippen LogP) is 5.05. The Labute approximate surface area is 179 Å². The highest BCUT2D eigenvalue weighted by Crippen LogP contribution is 2.36. The number of methoxy groups -OCH3 is 1. The topological polar surface area (TPSA) is 58.6 Å². The molecule has 150 valence electrons. The van der Waals surface area contributed by atoms with Gasteiger partial charge in [-0.1, -0.05) is 48.0 Å². The molecule has 1 heterocycles. The van der Waals surface area contributed by atoms with E-state index >= 15 is 0 Å². The third-order valence-electron chi connectivity index (χ3n) is 4.92. The summed E-state index contributed by atoms with van der Waals surface area (Å²) in [4.78, 5) is 28.0. The van der Waals surface area contributed by atoms with Gasteiger partial charge in [0.15, 0.2) is 0 Å². The molecule has 0 saturated carbocycles. The summed E-state index contributed by atoms with van der Waals surface area (Å²) in [5.74, 6) is -0.176. The second-order valence-electron chi connectivity index (χ2n) is 6.85. The van der Waals surface area contributed by atoms with E-state index in [2.05, 4.69) is 5.32 Å². The first kappa shape index (κ1) is 19.7. The third-order valence-corrected chi connectivity index (χ3v) is 5.15. The lowest BCUT2D eigenvalue weighted by atomic mass is 10.0. The normalized spacial score (nSPS) is 13.8. The van der Waals surface area contributed by atoms with E-state index < -0.39 is 11.8 Å². The number of para-hydroxylation sites is 1. The Hall–Kier alpha value is -3.57. The number of halogens is 1. The zero-order chi connectivity index (χ0) is 21.3. The molecule has 0 fully saturated rings. The van der Waals surface area contributed by atoms with Gasteiger partial charge in [-0.15, -0.1) is 0 Å². The van der Waals surface area contributed by atoms with Crippen LogP contribution >= 0.6 is 11.6 Å². The number of rotatable bonds is 5. The number of hydrogen-bond donors (Lipinski definition) is 1. The van der Waals surface area contributed by atoms with E-state index in [-0.39, 0.29) is 5.70 Å². The second-order valence-corrected chi connectivity index (χ2v) is 7.28. The van der Waals surface area contributed by atoms with Gasteiger partial charge in [0, 0.05) is 10.7 Å². The van der Waals surface area contributed by atoms with Crippen LogP contribution in [0.2, 0.25) is 5.02 Å². The molecule has 2 amide bonds. The molecule has 0 radical (unpaired) electrons. The summed E-state index contributed by atoms with van der Waals surface area (Å²) in [7, 11) is 1.57. The monoisotopic (exact) mass is 418 g/mol. The maximum Gasteiger partial charge on any atom is 0.282 e. The maximum atomic E-state index is 13.5. The molecule has 0 atom stereocenters. The lowest BCUT2D eigenvalue weighted by Gasteiger charge is -2.18. The minimum Gasteiger partial charge on any atom is -0.497 e. The molecule has 1 aliphatic rings. The van der Waals surface area contributed by atoms with Crippen LogP contribution in [0.15, 0.2) is 78.5 Å². The number of anilines is 2. The SMILES string of the molecule is COc1ccc(C2=C(Nc3ccccc3)C(=O)N(c3cc(Cl)ccc3C)C2=O)cc1. The zero-order valence-electron chi connectivity index (χ0n) is 16.5. The van der Waals surface area contributed by atoms with Crippen LogP contribution in [0.3, 0.4) is 0 Å². The number of imide groups is 1. The number of nitrogens with one attached hydrogen (secondary N) is 1. The van der Waals surface area contributed by atoms with Gasteiger partial charge in [-0.05, 0) is 54.4 Å². The average molecular weight is 419 g/mol. The van der Waals surface area contributed by atoms with Crippen molar-refractivity contribution in [2.24, 2.45) is 0 Å². The lowest BCUT2D eigenvalue weighted by Crippen LogP contribution is -2.33. The highest BCUT2D eigenvalue weighted by atomic mass is 35.5. The Morgan fingerprint density at radius 1 is 0.900 bits per heavy atom. The number of carbonyl (C=O) groups is 2. The molecule has 0 aromatic heterocycles. The first-order valence-electron chi connectivity index (χ1n) is 9.35. The standard InChI is InChI=1S/C24H19ClN2O3/c1-15-8-11-17(25)14-20(15)27-23(28)21(16-9-12-19(30-2)13-10-16)22(24(27)29)26-18-6-4-3-5-7-18/h3-14,26H,1-2H3. The number of carbonyl (C=O) groups excluding carboxylic acids is 2. The van der Waals surface area contributed by atoms with Gasteiger partial charge in [-0.3, -0.25) is 9.59 Å². The first-order valence-corrected chi connectivity index (χ1v) is 9.73. The fraction of sp³-hybridized carbons (Fsp3) is 0.0833. The fourth-order valence-corrected chi connectivity index (χ4v) is 3.55. The van der Waals surface area contributed by atoms with Crippen LogP contribution in [0.4, 0.5) is 11.4 Å². The van der Waals surface area contributed by atoms with Gasteiger partial charge in [-0.25, -0.2) is 4.90 Å². The molecule has 3 aromatic rings. The highest BCUT2D eigenvalue weighted by molar-refractivity contribution is 6.46. The Balaban J connectivity index is 1.84. The van der Waals surface area contributed by atoms with Crippen molar-refractivity contribution in [3.05, 3.63) is 94.6 Å². The third kappa shape index (κ3) is 3.55. The minimum absolute atomic E-state index is 0.218. The quantitative estimate of drug-likeness (QED) is 0.589. The molecule has 30 heavy (non-hydrogen) atoms. The Bertz CT molecular complexity index is 1150. The molecular weight excluding hydrogens is 400 g/mol. The molecule has 0 saturated heterocycles. The number of nitrogens with zero attached hydrogens (tertiary/aromatic N) is 1. The van der Waals surface area contributed by atoms with Crippen LogP contribution in [0, 0.1) is 6.92 Å². The van der Waals surface area contributed by atoms with Crippen molar-refractivity contribution in [2.75, 3.05) is 17.3 Å². The average Bonchev–Trinajstić information content (AvgIpc) is 3.00. The van der Waals surface area contributed by atoms with Crippen molar-refractivity contribution in [2.45, 2.75) is 6.92 Å². The van der Waals surface area contributed by atoms with Crippen molar-refractivity contribution in [3.8, 4) is 5.75 Å². The van der Waals surface area contributed by atoms with Crippen molar-refractivity contribution in [1.82, 2.24) is 0 Å². The van der Waals surface area contributed by atoms with E-state index in [0.29, 0.717) is 33.3 Å². The number of benzene rings is 3. The van der Waals surface area contributed by atoms with Crippen molar-refractivity contribution in [1.29, 1.82) is 0 Å². The Morgan fingerprint density at radius 2 is 1.60 bits per heavy atom. The van der Waals surface area contributed by atoms with Gasteiger partial charge in [0.1, 0.15) is 11.4 Å². The van der Waals surface area contributed by atoms with Gasteiger partial charge in [0.05, 0.1) is 18.4 Å². The van der Waals surface area contributed by atoms with Crippen LogP contribution in [0.1, 0.15) is 11.1 Å². The molecule has 3 aromatic carbocycles. The number of ether oxygens (including phenoxy) is 1. The second kappa shape index (κ2) is 8.05. The van der Waals surface area contributed by atoms with Crippen LogP contribution < -0.4 is 15.0 Å². The molecule has 0 spiro atoms. The van der Waals surface area contributed by atoms with E-state index in [1.807, 2.05) is 37.3 Å². The van der Waals surface area contributed by atoms with E-state index in [0.717, 1.165) is 5.56 Å². The van der Waals surface area contributed by atoms with E-state index in [9.17, 15) is 9.59 Å². The number of aryl methyl sites for hydroxylation is 1. The van der Waals surface area contributed by atoms with Gasteiger partial charge in [0.2, 0.25) is 0 Å². The summed E-state index contributed by atoms with van der Waals surface area (Å²) in [6, 6.07) is 21.5. The molecule has 0 bridgehead atoms. The largest absolute Gasteiger partial charge is 0.497 e. The van der Waals surface area contributed by atoms with Gasteiger partial charge in [0.25, 0.3) is 11.8 Å². The summed E-state index contributed by atoms with van der Waals surface area (Å²) < 4.78 is 5.21. The molecule has 5 nitrogen and oxygen atoms in total. The summed E-state index contributed by atoms with van der Waals surface area (Å²) in [6.07, 6.45) is 0. The van der Waals surface area contributed by atoms with Gasteiger partial charge >= 0.3 is 0 Å². The van der Waals surface area contributed by atoms with Crippen LogP contribution in [0.25, 0.3) is 5.57 Å². The van der Waals surface area contributed by atoms with Crippen LogP contribution in [-0.2, 0) is 9.59 Å². The lowest BCUT2D eigenvalue weighted by molar-refractivity contribution is -0.120. The predicted molar refractivity (Wildman–Crippen MR) is 119 cm³/mol. The fourth-order valence-electron chi connectivity index (χ4n) is 3.38. The summed E-state index contributed by atoms with van der Waals surface area (Å²) in [6.45, 7) is 1.84. The highest BCUT2D eigenvalue weighted by Gasteiger charge is 2.40. The van der Waals surface area contributed by atoms with E-state index in [1.165, 1.54) is 4.90 Å². The zero-order valence-corrected chi connectivity index (χ0v) is 17.2. The van der Waals surface area contributed by atoms with Gasteiger partial charge in [-0.2, -0.15) is 0 Å². The molecule has 0 unspecified atom stereocenters. The molecule has 0 aliphatic carbocycles. The van der Waals surface area contributed by atoms with Crippen molar-refractivity contribution >= 4 is 40.4 Å². The van der Waals surface area contributed by atoms with E-state index in [1.54, 1.807) is 49.6 Å². The number of hydrogen-bond acceptors (Lipinski definition) is 4. The molecule has 1 N–H and O–H groups in total. The minimum atomic E-state index is -0.431. The van der Waals surface area contributed by atoms with Crippen LogP contribution in [0.5, 0.6) is 5.75 Å². The van der Waals surface area contributed by atoms with Crippen molar-refractivity contribution < 1.29 is 14.3 Å². The number of amides is 2. The summed E-state index contributed by atoms with van der Waals surface area (Å²) in [5.41, 5.74) is 3.09. The van der Waals surface area contributed by atoms with Crippen LogP contribution in [-0.4, -0.2) is 18.9 Å². The first-order chi connectivity index (χ1) is 14.5.